The molecule has 15 heavy (non-hydrogen) atoms. The molecule has 0 bridgehead atoms. The third-order valence-electron chi connectivity index (χ3n) is 1.75. The first-order chi connectivity index (χ1) is 7.29. The van der Waals surface area contributed by atoms with E-state index in [-0.39, 0.29) is 0 Å². The van der Waals surface area contributed by atoms with E-state index < -0.39 is 0 Å². The van der Waals surface area contributed by atoms with Crippen LogP contribution in [-0.2, 0) is 0 Å². The molecule has 0 aliphatic carbocycles. The number of hydrogen-bond donors (Lipinski definition) is 0. The molecule has 2 aromatic heterocycles. The summed E-state index contributed by atoms with van der Waals surface area (Å²) in [6.45, 7) is 10.00. The quantitative estimate of drug-likeness (QED) is 0.600. The molecule has 0 atom stereocenters. The molecule has 2 rings (SSSR count). The van der Waals surface area contributed by atoms with Crippen molar-refractivity contribution in [2.24, 2.45) is 0 Å². The maximum atomic E-state index is 5.69. The van der Waals surface area contributed by atoms with Crippen LogP contribution >= 0.6 is 0 Å². The van der Waals surface area contributed by atoms with E-state index in [0.717, 1.165) is 16.8 Å². The Labute approximate surface area is 93.8 Å². The van der Waals surface area contributed by atoms with Gasteiger partial charge in [0, 0.05) is 18.1 Å². The predicted octanol–water partition coefficient (Wildman–Crippen LogP) is 2.49. The van der Waals surface area contributed by atoms with E-state index in [1.807, 2.05) is 63.5 Å². The van der Waals surface area contributed by atoms with Gasteiger partial charge in [0.2, 0.25) is 0 Å². The molecule has 0 aliphatic heterocycles. The summed E-state index contributed by atoms with van der Waals surface area (Å²) in [5.41, 5.74) is 2.66. The number of aromatic nitrogens is 2. The molecule has 2 heterocycles. The topological polar surface area (TPSA) is 17.3 Å². The first-order valence-electron chi connectivity index (χ1n) is 5.47. The zero-order valence-corrected chi connectivity index (χ0v) is 10.3. The Kier molecular flexibility index (Phi) is 6.51. The fourth-order valence-electron chi connectivity index (χ4n) is 1.16. The minimum atomic E-state index is 0.723. The van der Waals surface area contributed by atoms with Crippen LogP contribution < -0.4 is 5.46 Å². The largest absolute Gasteiger partial charge is 0.305 e. The van der Waals surface area contributed by atoms with Gasteiger partial charge in [-0.1, -0.05) is 39.2 Å². The summed E-state index contributed by atoms with van der Waals surface area (Å²) in [4.78, 5) is 4.16. The monoisotopic (exact) mass is 202 g/mol. The van der Waals surface area contributed by atoms with Crippen molar-refractivity contribution in [1.29, 1.82) is 0 Å². The van der Waals surface area contributed by atoms with Gasteiger partial charge in [0.15, 0.2) is 0 Å². The molecule has 3 heteroatoms. The van der Waals surface area contributed by atoms with Crippen LogP contribution in [-0.4, -0.2) is 17.2 Å². The van der Waals surface area contributed by atoms with Crippen molar-refractivity contribution in [3.05, 3.63) is 30.2 Å². The molecule has 2 nitrogen and oxygen atoms in total. The first kappa shape index (κ1) is 13.8. The molecule has 0 N–H and O–H groups in total. The van der Waals surface area contributed by atoms with Gasteiger partial charge in [-0.05, 0) is 13.0 Å². The molecule has 0 fully saturated rings. The van der Waals surface area contributed by atoms with Crippen LogP contribution in [0.1, 0.15) is 33.4 Å². The Morgan fingerprint density at radius 1 is 1.20 bits per heavy atom. The van der Waals surface area contributed by atoms with E-state index in [9.17, 15) is 0 Å². The highest BCUT2D eigenvalue weighted by Crippen LogP contribution is 2.00. The van der Waals surface area contributed by atoms with Crippen molar-refractivity contribution < 1.29 is 0 Å². The van der Waals surface area contributed by atoms with Crippen LogP contribution in [0.25, 0.3) is 5.65 Å². The second-order valence-electron chi connectivity index (χ2n) is 2.56. The van der Waals surface area contributed by atoms with E-state index in [1.54, 1.807) is 0 Å². The van der Waals surface area contributed by atoms with Gasteiger partial charge in [0.25, 0.3) is 0 Å². The van der Waals surface area contributed by atoms with Crippen LogP contribution in [0.5, 0.6) is 0 Å². The summed E-state index contributed by atoms with van der Waals surface area (Å²) in [6, 6.07) is 3.76. The van der Waals surface area contributed by atoms with Gasteiger partial charge in [-0.3, -0.25) is 0 Å². The van der Waals surface area contributed by atoms with Crippen LogP contribution in [0.2, 0.25) is 0 Å². The maximum absolute atomic E-state index is 5.69. The maximum Gasteiger partial charge on any atom is 0.129 e. The van der Waals surface area contributed by atoms with E-state index in [4.69, 9.17) is 7.85 Å². The minimum Gasteiger partial charge on any atom is -0.305 e. The molecule has 0 aliphatic rings. The van der Waals surface area contributed by atoms with Gasteiger partial charge >= 0.3 is 0 Å². The Balaban J connectivity index is 0.000000442. The van der Waals surface area contributed by atoms with Crippen LogP contribution in [0.4, 0.5) is 0 Å². The van der Waals surface area contributed by atoms with Crippen molar-refractivity contribution in [2.75, 3.05) is 0 Å². The van der Waals surface area contributed by atoms with E-state index in [2.05, 4.69) is 4.98 Å². The number of fused-ring (bicyclic) bond motifs is 1. The van der Waals surface area contributed by atoms with Gasteiger partial charge in [0.1, 0.15) is 13.5 Å². The second-order valence-corrected chi connectivity index (χ2v) is 2.56. The van der Waals surface area contributed by atoms with Gasteiger partial charge in [0.05, 0.1) is 0 Å². The summed E-state index contributed by atoms with van der Waals surface area (Å²) in [7, 11) is 5.69. The van der Waals surface area contributed by atoms with Gasteiger partial charge in [-0.15, -0.1) is 0 Å². The molecule has 0 aromatic carbocycles. The molecule has 2 radical (unpaired) electrons. The van der Waals surface area contributed by atoms with E-state index in [1.165, 1.54) is 0 Å². The minimum absolute atomic E-state index is 0.723. The summed E-state index contributed by atoms with van der Waals surface area (Å²) in [6.07, 6.45) is 3.76. The average molecular weight is 202 g/mol. The molecule has 0 spiro atoms. The second kappa shape index (κ2) is 7.10. The highest BCUT2D eigenvalue weighted by Gasteiger charge is 1.98. The fraction of sp³-hybridized carbons (Fsp3) is 0.417. The van der Waals surface area contributed by atoms with Crippen molar-refractivity contribution in [2.45, 2.75) is 34.6 Å². The molecule has 0 amide bonds. The lowest BCUT2D eigenvalue weighted by molar-refractivity contribution is 1.12. The fourth-order valence-corrected chi connectivity index (χ4v) is 1.16. The third-order valence-corrected chi connectivity index (χ3v) is 1.75. The lowest BCUT2D eigenvalue weighted by Crippen LogP contribution is -2.06. The molecule has 0 unspecified atom stereocenters. The number of rotatable bonds is 0. The Morgan fingerprint density at radius 2 is 1.80 bits per heavy atom. The Morgan fingerprint density at radius 3 is 2.33 bits per heavy atom. The zero-order valence-electron chi connectivity index (χ0n) is 10.3. The first-order valence-corrected chi connectivity index (χ1v) is 5.47. The molecular formula is C12H19BN2. The molecular weight excluding hydrogens is 183 g/mol. The van der Waals surface area contributed by atoms with E-state index in [0.29, 0.717) is 0 Å². The van der Waals surface area contributed by atoms with Crippen LogP contribution in [0, 0.1) is 6.92 Å². The van der Waals surface area contributed by atoms with Crippen molar-refractivity contribution in [1.82, 2.24) is 9.38 Å². The molecule has 0 saturated carbocycles. The van der Waals surface area contributed by atoms with Gasteiger partial charge < -0.3 is 4.40 Å². The lowest BCUT2D eigenvalue weighted by Gasteiger charge is -1.97. The standard InChI is InChI=1S/C8H7BN2.2C2H6/c1-6-5-10-8-7(9)3-2-4-11(6)8;2*1-2/h2-5H,1H3;2*1-2H3. The van der Waals surface area contributed by atoms with Crippen molar-refractivity contribution in [3.8, 4) is 0 Å². The zero-order chi connectivity index (χ0) is 11.8. The number of aryl methyl sites for hydroxylation is 1. The average Bonchev–Trinajstić information content (AvgIpc) is 2.68. The SMILES string of the molecule is CC.CC.[B]c1cccn2c(C)cnc12. The van der Waals surface area contributed by atoms with Gasteiger partial charge in [-0.2, -0.15) is 0 Å². The summed E-state index contributed by atoms with van der Waals surface area (Å²) in [5, 5.41) is 0. The Hall–Kier alpha value is -1.25. The lowest BCUT2D eigenvalue weighted by atomic mass is 9.98. The summed E-state index contributed by atoms with van der Waals surface area (Å²) in [5.74, 6) is 0. The molecule has 0 saturated heterocycles. The number of imidazole rings is 1. The normalized spacial score (nSPS) is 8.60. The summed E-state index contributed by atoms with van der Waals surface area (Å²) >= 11 is 0. The predicted molar refractivity (Wildman–Crippen MR) is 68.0 cm³/mol. The van der Waals surface area contributed by atoms with Crippen LogP contribution in [0.3, 0.4) is 0 Å². The Bertz CT molecular complexity index is 393. The molecule has 2 aromatic rings. The van der Waals surface area contributed by atoms with Gasteiger partial charge in [-0.25, -0.2) is 4.98 Å². The number of pyridine rings is 1. The number of hydrogen-bond acceptors (Lipinski definition) is 1. The third kappa shape index (κ3) is 3.12. The highest BCUT2D eigenvalue weighted by atomic mass is 15.0. The highest BCUT2D eigenvalue weighted by molar-refractivity contribution is 6.36. The van der Waals surface area contributed by atoms with Crippen LogP contribution in [0.15, 0.2) is 24.5 Å². The smallest absolute Gasteiger partial charge is 0.129 e. The van der Waals surface area contributed by atoms with E-state index >= 15 is 0 Å². The van der Waals surface area contributed by atoms with Crippen molar-refractivity contribution >= 4 is 19.0 Å². The van der Waals surface area contributed by atoms with Crippen molar-refractivity contribution in [3.63, 3.8) is 0 Å². The summed E-state index contributed by atoms with van der Waals surface area (Å²) < 4.78 is 1.97. The molecule has 80 valence electrons. The number of nitrogens with zero attached hydrogens (tertiary/aromatic N) is 2.